The van der Waals surface area contributed by atoms with Crippen LogP contribution >= 0.6 is 0 Å². The lowest BCUT2D eigenvalue weighted by atomic mass is 9.86. The number of benzene rings is 1. The second-order valence-corrected chi connectivity index (χ2v) is 9.25. The van der Waals surface area contributed by atoms with Gasteiger partial charge in [0, 0.05) is 51.0 Å². The number of rotatable bonds is 7. The number of piperidine rings is 1. The molecule has 5 rings (SSSR count). The van der Waals surface area contributed by atoms with Gasteiger partial charge in [0.25, 0.3) is 0 Å². The Labute approximate surface area is 189 Å². The van der Waals surface area contributed by atoms with Gasteiger partial charge in [-0.25, -0.2) is 0 Å². The number of likely N-dealkylation sites (tertiary alicyclic amines) is 1. The minimum Gasteiger partial charge on any atom is -0.355 e. The van der Waals surface area contributed by atoms with Crippen LogP contribution in [0.15, 0.2) is 54.9 Å². The fraction of sp³-hybridized carbons (Fsp3) is 0.480. The van der Waals surface area contributed by atoms with E-state index in [1.165, 1.54) is 5.56 Å². The molecule has 1 aliphatic carbocycles. The summed E-state index contributed by atoms with van der Waals surface area (Å²) >= 11 is 0. The number of aromatic nitrogens is 1. The fourth-order valence-electron chi connectivity index (χ4n) is 5.26. The highest BCUT2D eigenvalue weighted by Gasteiger charge is 2.50. The van der Waals surface area contributed by atoms with Gasteiger partial charge in [0.15, 0.2) is 0 Å². The summed E-state index contributed by atoms with van der Waals surface area (Å²) in [5.74, 6) is 0.808. The molecule has 2 amide bonds. The highest BCUT2D eigenvalue weighted by molar-refractivity contribution is 5.88. The fourth-order valence-corrected chi connectivity index (χ4v) is 5.26. The van der Waals surface area contributed by atoms with E-state index in [2.05, 4.69) is 43.6 Å². The standard InChI is InChI=1S/C25H31N5O2/c31-23(22-15-21(22)20-6-2-1-3-7-20)27-11-14-29-12-8-25(9-13-29)24(32)28-18-30(25)17-19-5-4-10-26-16-19/h1-7,10,16,21-22H,8-9,11-15,17-18H2,(H,27,31)(H,28,32)/t21-,22+/m0/s1. The van der Waals surface area contributed by atoms with Gasteiger partial charge in [0.2, 0.25) is 11.8 Å². The van der Waals surface area contributed by atoms with Gasteiger partial charge in [-0.15, -0.1) is 0 Å². The molecule has 2 N–H and O–H groups in total. The maximum Gasteiger partial charge on any atom is 0.241 e. The van der Waals surface area contributed by atoms with E-state index in [9.17, 15) is 9.59 Å². The molecule has 1 spiro atoms. The Morgan fingerprint density at radius 3 is 2.72 bits per heavy atom. The Kier molecular flexibility index (Phi) is 5.93. The highest BCUT2D eigenvalue weighted by Crippen LogP contribution is 2.47. The van der Waals surface area contributed by atoms with Gasteiger partial charge in [-0.05, 0) is 42.4 Å². The lowest BCUT2D eigenvalue weighted by Crippen LogP contribution is -2.56. The zero-order chi connectivity index (χ0) is 22.0. The van der Waals surface area contributed by atoms with Crippen molar-refractivity contribution in [3.05, 3.63) is 66.0 Å². The first-order valence-corrected chi connectivity index (χ1v) is 11.6. The van der Waals surface area contributed by atoms with Crippen molar-refractivity contribution >= 4 is 11.8 Å². The second-order valence-electron chi connectivity index (χ2n) is 9.25. The number of amides is 2. The van der Waals surface area contributed by atoms with E-state index in [1.54, 1.807) is 6.20 Å². The normalized spacial score (nSPS) is 24.9. The molecule has 0 bridgehead atoms. The average Bonchev–Trinajstić information content (AvgIpc) is 3.59. The summed E-state index contributed by atoms with van der Waals surface area (Å²) in [4.78, 5) is 34.1. The van der Waals surface area contributed by atoms with Gasteiger partial charge in [-0.2, -0.15) is 0 Å². The van der Waals surface area contributed by atoms with Crippen molar-refractivity contribution in [3.8, 4) is 0 Å². The number of hydrogen-bond donors (Lipinski definition) is 2. The molecule has 1 aromatic heterocycles. The van der Waals surface area contributed by atoms with E-state index < -0.39 is 5.54 Å². The summed E-state index contributed by atoms with van der Waals surface area (Å²) in [7, 11) is 0. The van der Waals surface area contributed by atoms with Crippen molar-refractivity contribution in [2.75, 3.05) is 32.8 Å². The summed E-state index contributed by atoms with van der Waals surface area (Å²) in [6, 6.07) is 14.3. The molecule has 0 radical (unpaired) electrons. The smallest absolute Gasteiger partial charge is 0.241 e. The zero-order valence-corrected chi connectivity index (χ0v) is 18.4. The molecule has 1 saturated carbocycles. The molecular formula is C25H31N5O2. The highest BCUT2D eigenvalue weighted by atomic mass is 16.2. The number of nitrogens with zero attached hydrogens (tertiary/aromatic N) is 3. The van der Waals surface area contributed by atoms with Gasteiger partial charge < -0.3 is 15.5 Å². The second kappa shape index (κ2) is 9.00. The van der Waals surface area contributed by atoms with Crippen molar-refractivity contribution in [2.24, 2.45) is 5.92 Å². The molecule has 2 atom stereocenters. The lowest BCUT2D eigenvalue weighted by Gasteiger charge is -2.42. The molecule has 2 aliphatic heterocycles. The largest absolute Gasteiger partial charge is 0.355 e. The Hall–Kier alpha value is -2.77. The summed E-state index contributed by atoms with van der Waals surface area (Å²) in [5.41, 5.74) is 1.97. The number of pyridine rings is 1. The molecular weight excluding hydrogens is 402 g/mol. The van der Waals surface area contributed by atoms with E-state index in [0.29, 0.717) is 19.1 Å². The number of nitrogens with one attached hydrogen (secondary N) is 2. The molecule has 2 aromatic rings. The summed E-state index contributed by atoms with van der Waals surface area (Å²) in [5, 5.41) is 6.18. The minimum atomic E-state index is -0.424. The Morgan fingerprint density at radius 1 is 1.16 bits per heavy atom. The third-order valence-electron chi connectivity index (χ3n) is 7.32. The molecule has 2 saturated heterocycles. The third kappa shape index (κ3) is 4.27. The van der Waals surface area contributed by atoms with Crippen LogP contribution in [0, 0.1) is 5.92 Å². The molecule has 1 aromatic carbocycles. The van der Waals surface area contributed by atoms with Crippen LogP contribution in [0.25, 0.3) is 0 Å². The maximum atomic E-state index is 12.7. The van der Waals surface area contributed by atoms with Crippen molar-refractivity contribution < 1.29 is 9.59 Å². The van der Waals surface area contributed by atoms with Crippen molar-refractivity contribution in [1.82, 2.24) is 25.4 Å². The number of hydrogen-bond acceptors (Lipinski definition) is 5. The molecule has 3 aliphatic rings. The molecule has 7 nitrogen and oxygen atoms in total. The van der Waals surface area contributed by atoms with Gasteiger partial charge in [-0.1, -0.05) is 36.4 Å². The maximum absolute atomic E-state index is 12.7. The Morgan fingerprint density at radius 2 is 1.97 bits per heavy atom. The summed E-state index contributed by atoms with van der Waals surface area (Å²) in [6.45, 7) is 4.54. The molecule has 7 heteroatoms. The summed E-state index contributed by atoms with van der Waals surface area (Å²) < 4.78 is 0. The zero-order valence-electron chi connectivity index (χ0n) is 18.4. The van der Waals surface area contributed by atoms with E-state index in [1.807, 2.05) is 30.5 Å². The Balaban J connectivity index is 1.08. The first-order chi connectivity index (χ1) is 15.7. The lowest BCUT2D eigenvalue weighted by molar-refractivity contribution is -0.129. The predicted molar refractivity (Wildman–Crippen MR) is 121 cm³/mol. The van der Waals surface area contributed by atoms with Gasteiger partial charge in [0.1, 0.15) is 5.54 Å². The average molecular weight is 434 g/mol. The number of carbonyl (C=O) groups excluding carboxylic acids is 2. The van der Waals surface area contributed by atoms with Crippen LogP contribution in [0.5, 0.6) is 0 Å². The monoisotopic (exact) mass is 433 g/mol. The van der Waals surface area contributed by atoms with Crippen LogP contribution in [-0.2, 0) is 16.1 Å². The van der Waals surface area contributed by atoms with Crippen LogP contribution in [0.1, 0.15) is 36.3 Å². The molecule has 3 heterocycles. The molecule has 168 valence electrons. The van der Waals surface area contributed by atoms with Crippen molar-refractivity contribution in [3.63, 3.8) is 0 Å². The third-order valence-corrected chi connectivity index (χ3v) is 7.32. The minimum absolute atomic E-state index is 0.116. The van der Waals surface area contributed by atoms with Crippen molar-refractivity contribution in [1.29, 1.82) is 0 Å². The SMILES string of the molecule is O=C(NCCN1CCC2(CC1)C(=O)NCN2Cc1cccnc1)[C@@H]1C[C@H]1c1ccccc1. The summed E-state index contributed by atoms with van der Waals surface area (Å²) in [6.07, 6.45) is 6.22. The van der Waals surface area contributed by atoms with Gasteiger partial charge in [0.05, 0.1) is 6.67 Å². The van der Waals surface area contributed by atoms with E-state index in [-0.39, 0.29) is 17.7 Å². The van der Waals surface area contributed by atoms with Crippen LogP contribution in [0.3, 0.4) is 0 Å². The molecule has 3 fully saturated rings. The quantitative estimate of drug-likeness (QED) is 0.695. The van der Waals surface area contributed by atoms with Crippen LogP contribution < -0.4 is 10.6 Å². The van der Waals surface area contributed by atoms with Crippen LogP contribution in [0.2, 0.25) is 0 Å². The van der Waals surface area contributed by atoms with Crippen molar-refractivity contribution in [2.45, 2.75) is 37.3 Å². The first kappa shape index (κ1) is 21.1. The van der Waals surface area contributed by atoms with E-state index in [4.69, 9.17) is 0 Å². The van der Waals surface area contributed by atoms with Crippen LogP contribution in [0.4, 0.5) is 0 Å². The Bertz CT molecular complexity index is 943. The predicted octanol–water partition coefficient (Wildman–Crippen LogP) is 1.73. The molecule has 0 unspecified atom stereocenters. The molecule has 32 heavy (non-hydrogen) atoms. The topological polar surface area (TPSA) is 77.6 Å². The van der Waals surface area contributed by atoms with Gasteiger partial charge >= 0.3 is 0 Å². The first-order valence-electron chi connectivity index (χ1n) is 11.6. The van der Waals surface area contributed by atoms with E-state index in [0.717, 1.165) is 51.0 Å². The van der Waals surface area contributed by atoms with Crippen LogP contribution in [-0.4, -0.2) is 65.0 Å². The number of carbonyl (C=O) groups is 2. The van der Waals surface area contributed by atoms with E-state index >= 15 is 0 Å². The van der Waals surface area contributed by atoms with Gasteiger partial charge in [-0.3, -0.25) is 19.5 Å².